The van der Waals surface area contributed by atoms with Gasteiger partial charge in [0.1, 0.15) is 0 Å². The number of hydrogen-bond donors (Lipinski definition) is 1. The maximum atomic E-state index is 11.5. The molecule has 0 bridgehead atoms. The maximum Gasteiger partial charge on any atom is 0.229 e. The van der Waals surface area contributed by atoms with E-state index in [0.29, 0.717) is 11.0 Å². The molecule has 1 aliphatic rings. The van der Waals surface area contributed by atoms with Crippen molar-refractivity contribution >= 4 is 34.1 Å². The van der Waals surface area contributed by atoms with Crippen molar-refractivity contribution in [3.63, 3.8) is 0 Å². The Hall–Kier alpha value is -0.620. The second-order valence-corrected chi connectivity index (χ2v) is 6.59. The van der Waals surface area contributed by atoms with Crippen LogP contribution in [0.3, 0.4) is 0 Å². The van der Waals surface area contributed by atoms with Gasteiger partial charge in [-0.15, -0.1) is 10.2 Å². The molecule has 1 saturated carbocycles. The second kappa shape index (κ2) is 5.14. The van der Waals surface area contributed by atoms with Crippen molar-refractivity contribution in [2.45, 2.75) is 31.0 Å². The normalized spacial score (nSPS) is 15.4. The molecule has 1 heterocycles. The third-order valence-electron chi connectivity index (χ3n) is 2.12. The monoisotopic (exact) mass is 257 g/mol. The summed E-state index contributed by atoms with van der Waals surface area (Å²) >= 11 is 3.15. The summed E-state index contributed by atoms with van der Waals surface area (Å²) in [7, 11) is 0. The molecule has 0 aromatic carbocycles. The van der Waals surface area contributed by atoms with Crippen molar-refractivity contribution in [2.24, 2.45) is 11.8 Å². The van der Waals surface area contributed by atoms with Crippen molar-refractivity contribution in [2.75, 3.05) is 11.1 Å². The number of aromatic nitrogens is 2. The van der Waals surface area contributed by atoms with Crippen LogP contribution >= 0.6 is 23.1 Å². The zero-order valence-corrected chi connectivity index (χ0v) is 11.0. The summed E-state index contributed by atoms with van der Waals surface area (Å²) in [5, 5.41) is 11.4. The molecule has 0 aliphatic heterocycles. The molecule has 1 N–H and O–H groups in total. The van der Waals surface area contributed by atoms with E-state index in [4.69, 9.17) is 0 Å². The Morgan fingerprint density at radius 1 is 1.56 bits per heavy atom. The molecule has 0 saturated heterocycles. The predicted molar refractivity (Wildman–Crippen MR) is 66.8 cm³/mol. The Morgan fingerprint density at radius 3 is 2.94 bits per heavy atom. The minimum Gasteiger partial charge on any atom is -0.300 e. The number of anilines is 1. The Labute approximate surface area is 103 Å². The second-order valence-electron chi connectivity index (χ2n) is 4.34. The van der Waals surface area contributed by atoms with Gasteiger partial charge in [0, 0.05) is 11.7 Å². The fraction of sp³-hybridized carbons (Fsp3) is 0.700. The van der Waals surface area contributed by atoms with Crippen molar-refractivity contribution in [3.05, 3.63) is 0 Å². The molecule has 1 aliphatic carbocycles. The highest BCUT2D eigenvalue weighted by Crippen LogP contribution is 2.32. The van der Waals surface area contributed by atoms with Crippen molar-refractivity contribution in [3.8, 4) is 0 Å². The van der Waals surface area contributed by atoms with Gasteiger partial charge in [0.25, 0.3) is 0 Å². The highest BCUT2D eigenvalue weighted by Gasteiger charge is 2.30. The maximum absolute atomic E-state index is 11.5. The van der Waals surface area contributed by atoms with E-state index in [0.717, 1.165) is 22.9 Å². The number of carbonyl (C=O) groups is 1. The first-order chi connectivity index (χ1) is 7.65. The van der Waals surface area contributed by atoms with Gasteiger partial charge in [0.15, 0.2) is 4.34 Å². The molecule has 4 nitrogen and oxygen atoms in total. The van der Waals surface area contributed by atoms with Crippen LogP contribution in [0.25, 0.3) is 0 Å². The predicted octanol–water partition coefficient (Wildman–Crippen LogP) is 2.63. The van der Waals surface area contributed by atoms with Crippen molar-refractivity contribution in [1.29, 1.82) is 0 Å². The van der Waals surface area contributed by atoms with Crippen LogP contribution in [-0.2, 0) is 4.79 Å². The summed E-state index contributed by atoms with van der Waals surface area (Å²) in [4.78, 5) is 11.5. The van der Waals surface area contributed by atoms with E-state index in [1.54, 1.807) is 11.8 Å². The van der Waals surface area contributed by atoms with E-state index in [1.807, 2.05) is 0 Å². The lowest BCUT2D eigenvalue weighted by molar-refractivity contribution is -0.117. The van der Waals surface area contributed by atoms with Gasteiger partial charge in [-0.2, -0.15) is 0 Å². The van der Waals surface area contributed by atoms with Gasteiger partial charge in [-0.25, -0.2) is 0 Å². The number of amides is 1. The lowest BCUT2D eigenvalue weighted by Gasteiger charge is -1.99. The SMILES string of the molecule is CC(C)CSc1nnc(NC(=O)C2CC2)s1. The first-order valence-electron chi connectivity index (χ1n) is 5.42. The van der Waals surface area contributed by atoms with E-state index in [1.165, 1.54) is 11.3 Å². The number of thioether (sulfide) groups is 1. The van der Waals surface area contributed by atoms with E-state index in [2.05, 4.69) is 29.4 Å². The summed E-state index contributed by atoms with van der Waals surface area (Å²) < 4.78 is 0.930. The van der Waals surface area contributed by atoms with Gasteiger partial charge in [-0.05, 0) is 18.8 Å². The molecule has 0 spiro atoms. The molecule has 88 valence electrons. The van der Waals surface area contributed by atoms with Crippen LogP contribution in [0.5, 0.6) is 0 Å². The molecule has 0 radical (unpaired) electrons. The van der Waals surface area contributed by atoms with E-state index < -0.39 is 0 Å². The molecule has 1 aromatic rings. The highest BCUT2D eigenvalue weighted by atomic mass is 32.2. The molecule has 0 atom stereocenters. The van der Waals surface area contributed by atoms with Gasteiger partial charge >= 0.3 is 0 Å². The van der Waals surface area contributed by atoms with Gasteiger partial charge in [0.2, 0.25) is 11.0 Å². The summed E-state index contributed by atoms with van der Waals surface area (Å²) in [5.74, 6) is 1.98. The zero-order chi connectivity index (χ0) is 11.5. The van der Waals surface area contributed by atoms with Crippen LogP contribution in [0.4, 0.5) is 5.13 Å². The van der Waals surface area contributed by atoms with Gasteiger partial charge < -0.3 is 5.32 Å². The van der Waals surface area contributed by atoms with Gasteiger partial charge in [0.05, 0.1) is 0 Å². The lowest BCUT2D eigenvalue weighted by atomic mass is 10.3. The molecule has 6 heteroatoms. The summed E-state index contributed by atoms with van der Waals surface area (Å²) in [6, 6.07) is 0. The average molecular weight is 257 g/mol. The van der Waals surface area contributed by atoms with Crippen LogP contribution in [0, 0.1) is 11.8 Å². The summed E-state index contributed by atoms with van der Waals surface area (Å²) in [6.07, 6.45) is 2.03. The van der Waals surface area contributed by atoms with Crippen LogP contribution in [0.2, 0.25) is 0 Å². The first-order valence-corrected chi connectivity index (χ1v) is 7.22. The minimum absolute atomic E-state index is 0.0940. The van der Waals surface area contributed by atoms with E-state index in [-0.39, 0.29) is 11.8 Å². The van der Waals surface area contributed by atoms with Crippen LogP contribution in [-0.4, -0.2) is 21.9 Å². The van der Waals surface area contributed by atoms with Crippen molar-refractivity contribution in [1.82, 2.24) is 10.2 Å². The van der Waals surface area contributed by atoms with Gasteiger partial charge in [-0.1, -0.05) is 36.9 Å². The molecule has 1 amide bonds. The minimum atomic E-state index is 0.0940. The fourth-order valence-corrected chi connectivity index (χ4v) is 2.84. The third-order valence-corrected chi connectivity index (χ3v) is 4.52. The van der Waals surface area contributed by atoms with Gasteiger partial charge in [-0.3, -0.25) is 4.79 Å². The first kappa shape index (κ1) is 11.9. The number of nitrogens with one attached hydrogen (secondary N) is 1. The lowest BCUT2D eigenvalue weighted by Crippen LogP contribution is -2.12. The third kappa shape index (κ3) is 3.45. The smallest absolute Gasteiger partial charge is 0.229 e. The number of rotatable bonds is 5. The summed E-state index contributed by atoms with van der Waals surface area (Å²) in [6.45, 7) is 4.34. The molecule has 0 unspecified atom stereocenters. The van der Waals surface area contributed by atoms with E-state index >= 15 is 0 Å². The molecular weight excluding hydrogens is 242 g/mol. The molecule has 2 rings (SSSR count). The Kier molecular flexibility index (Phi) is 3.81. The molecular formula is C10H15N3OS2. The molecule has 1 aromatic heterocycles. The average Bonchev–Trinajstić information content (AvgIpc) is 2.98. The summed E-state index contributed by atoms with van der Waals surface area (Å²) in [5.41, 5.74) is 0. The Morgan fingerprint density at radius 2 is 2.31 bits per heavy atom. The number of hydrogen-bond acceptors (Lipinski definition) is 5. The Bertz CT molecular complexity index is 374. The quantitative estimate of drug-likeness (QED) is 0.651. The number of carbonyl (C=O) groups excluding carboxylic acids is 1. The van der Waals surface area contributed by atoms with Crippen LogP contribution < -0.4 is 5.32 Å². The van der Waals surface area contributed by atoms with Crippen LogP contribution in [0.1, 0.15) is 26.7 Å². The van der Waals surface area contributed by atoms with Crippen molar-refractivity contribution < 1.29 is 4.79 Å². The van der Waals surface area contributed by atoms with E-state index in [9.17, 15) is 4.79 Å². The Balaban J connectivity index is 1.83. The zero-order valence-electron chi connectivity index (χ0n) is 9.40. The number of nitrogens with zero attached hydrogens (tertiary/aromatic N) is 2. The molecule has 1 fully saturated rings. The standard InChI is InChI=1S/C10H15N3OS2/c1-6(2)5-15-10-13-12-9(16-10)11-8(14)7-3-4-7/h6-7H,3-5H2,1-2H3,(H,11,12,14). The fourth-order valence-electron chi connectivity index (χ4n) is 1.11. The largest absolute Gasteiger partial charge is 0.300 e. The molecule has 16 heavy (non-hydrogen) atoms. The highest BCUT2D eigenvalue weighted by molar-refractivity contribution is 8.01. The van der Waals surface area contributed by atoms with Crippen LogP contribution in [0.15, 0.2) is 4.34 Å². The topological polar surface area (TPSA) is 54.9 Å².